The molecule has 0 bridgehead atoms. The van der Waals surface area contributed by atoms with Crippen molar-refractivity contribution in [2.45, 2.75) is 18.4 Å². The van der Waals surface area contributed by atoms with Crippen molar-refractivity contribution in [2.24, 2.45) is 7.05 Å². The van der Waals surface area contributed by atoms with Gasteiger partial charge in [-0.3, -0.25) is 4.57 Å². The van der Waals surface area contributed by atoms with Crippen LogP contribution >= 0.6 is 11.6 Å². The van der Waals surface area contributed by atoms with E-state index in [1.165, 1.54) is 23.7 Å². The van der Waals surface area contributed by atoms with Crippen molar-refractivity contribution in [3.63, 3.8) is 0 Å². The number of sulfonamides is 1. The van der Waals surface area contributed by atoms with Crippen LogP contribution < -0.4 is 10.5 Å². The molecule has 2 aromatic carbocycles. The van der Waals surface area contributed by atoms with E-state index in [1.807, 2.05) is 31.2 Å². The maximum Gasteiger partial charge on any atom is 0.419 e. The van der Waals surface area contributed by atoms with Crippen molar-refractivity contribution in [1.82, 2.24) is 9.29 Å². The van der Waals surface area contributed by atoms with Gasteiger partial charge in [-0.2, -0.15) is 0 Å². The van der Waals surface area contributed by atoms with Gasteiger partial charge in [0.05, 0.1) is 10.5 Å². The predicted molar refractivity (Wildman–Crippen MR) is 91.7 cm³/mol. The third-order valence-electron chi connectivity index (χ3n) is 3.72. The minimum atomic E-state index is -3.85. The van der Waals surface area contributed by atoms with E-state index in [4.69, 9.17) is 16.0 Å². The second-order valence-electron chi connectivity index (χ2n) is 5.49. The molecule has 126 valence electrons. The zero-order valence-corrected chi connectivity index (χ0v) is 14.6. The van der Waals surface area contributed by atoms with Crippen molar-refractivity contribution in [3.8, 4) is 0 Å². The summed E-state index contributed by atoms with van der Waals surface area (Å²) in [5.41, 5.74) is 2.52. The highest BCUT2D eigenvalue weighted by Gasteiger charge is 2.21. The summed E-state index contributed by atoms with van der Waals surface area (Å²) in [7, 11) is -2.33. The zero-order chi connectivity index (χ0) is 17.5. The quantitative estimate of drug-likeness (QED) is 0.769. The molecule has 3 rings (SSSR count). The van der Waals surface area contributed by atoms with Gasteiger partial charge in [-0.1, -0.05) is 41.4 Å². The molecule has 8 heteroatoms. The molecule has 1 heterocycles. The molecule has 0 unspecified atom stereocenters. The van der Waals surface area contributed by atoms with Gasteiger partial charge in [-0.15, -0.1) is 0 Å². The van der Waals surface area contributed by atoms with E-state index in [0.717, 1.165) is 11.1 Å². The molecule has 0 amide bonds. The average molecular weight is 367 g/mol. The summed E-state index contributed by atoms with van der Waals surface area (Å²) in [4.78, 5) is 11.4. The molecule has 3 aromatic rings. The molecule has 0 spiro atoms. The molecule has 0 aliphatic rings. The highest BCUT2D eigenvalue weighted by Crippen LogP contribution is 2.27. The Balaban J connectivity index is 1.94. The third-order valence-corrected chi connectivity index (χ3v) is 5.59. The number of aromatic nitrogens is 1. The highest BCUT2D eigenvalue weighted by atomic mass is 35.5. The van der Waals surface area contributed by atoms with Crippen LogP contribution in [0.1, 0.15) is 11.1 Å². The van der Waals surface area contributed by atoms with Gasteiger partial charge in [-0.25, -0.2) is 17.9 Å². The minimum Gasteiger partial charge on any atom is -0.408 e. The number of benzene rings is 2. The number of hydrogen-bond donors (Lipinski definition) is 1. The largest absolute Gasteiger partial charge is 0.419 e. The van der Waals surface area contributed by atoms with Gasteiger partial charge in [0.25, 0.3) is 0 Å². The van der Waals surface area contributed by atoms with E-state index in [2.05, 4.69) is 4.72 Å². The molecule has 0 saturated carbocycles. The highest BCUT2D eigenvalue weighted by molar-refractivity contribution is 7.89. The molecule has 0 fully saturated rings. The van der Waals surface area contributed by atoms with Gasteiger partial charge in [0.15, 0.2) is 5.58 Å². The topological polar surface area (TPSA) is 81.3 Å². The van der Waals surface area contributed by atoms with Crippen LogP contribution in [0.4, 0.5) is 0 Å². The van der Waals surface area contributed by atoms with Crippen molar-refractivity contribution in [2.75, 3.05) is 0 Å². The van der Waals surface area contributed by atoms with Crippen molar-refractivity contribution >= 4 is 32.7 Å². The summed E-state index contributed by atoms with van der Waals surface area (Å²) in [5.74, 6) is -0.580. The Hall–Kier alpha value is -2.09. The molecule has 1 N–H and O–H groups in total. The van der Waals surface area contributed by atoms with Gasteiger partial charge < -0.3 is 4.42 Å². The van der Waals surface area contributed by atoms with E-state index in [1.54, 1.807) is 0 Å². The van der Waals surface area contributed by atoms with Gasteiger partial charge in [-0.05, 0) is 18.6 Å². The number of nitrogens with one attached hydrogen (secondary N) is 1. The van der Waals surface area contributed by atoms with Gasteiger partial charge in [0.1, 0.15) is 4.90 Å². The Bertz CT molecular complexity index is 1070. The Morgan fingerprint density at radius 3 is 2.54 bits per heavy atom. The summed E-state index contributed by atoms with van der Waals surface area (Å²) in [5, 5.41) is 0.0234. The second-order valence-corrected chi connectivity index (χ2v) is 7.63. The molecule has 0 aliphatic carbocycles. The molecule has 0 aliphatic heterocycles. The van der Waals surface area contributed by atoms with Crippen molar-refractivity contribution in [1.29, 1.82) is 0 Å². The standard InChI is InChI=1S/C16H15ClN2O4S/c1-10-3-5-11(6-4-10)9-18-24(21,22)15-8-14-13(7-12(15)17)19(2)16(20)23-14/h3-8,18H,9H2,1-2H3. The van der Waals surface area contributed by atoms with Gasteiger partial charge >= 0.3 is 5.76 Å². The van der Waals surface area contributed by atoms with Crippen LogP contribution in [0.3, 0.4) is 0 Å². The summed E-state index contributed by atoms with van der Waals surface area (Å²) in [6.45, 7) is 2.09. The normalized spacial score (nSPS) is 12.0. The molecular weight excluding hydrogens is 352 g/mol. The van der Waals surface area contributed by atoms with Crippen LogP contribution in [0.25, 0.3) is 11.1 Å². The number of nitrogens with zero attached hydrogens (tertiary/aromatic N) is 1. The Morgan fingerprint density at radius 2 is 1.88 bits per heavy atom. The molecule has 0 radical (unpaired) electrons. The first-order valence-electron chi connectivity index (χ1n) is 7.12. The molecule has 1 aromatic heterocycles. The smallest absolute Gasteiger partial charge is 0.408 e. The van der Waals surface area contributed by atoms with Gasteiger partial charge in [0.2, 0.25) is 10.0 Å². The van der Waals surface area contributed by atoms with Crippen LogP contribution in [0, 0.1) is 6.92 Å². The minimum absolute atomic E-state index is 0.0234. The Labute approximate surface area is 143 Å². The van der Waals surface area contributed by atoms with E-state index < -0.39 is 15.8 Å². The first kappa shape index (κ1) is 16.8. The van der Waals surface area contributed by atoms with Gasteiger partial charge in [0, 0.05) is 19.7 Å². The van der Waals surface area contributed by atoms with E-state index in [9.17, 15) is 13.2 Å². The fourth-order valence-corrected chi connectivity index (χ4v) is 3.85. The van der Waals surface area contributed by atoms with Crippen molar-refractivity contribution < 1.29 is 12.8 Å². The van der Waals surface area contributed by atoms with Crippen LogP contribution in [0.2, 0.25) is 5.02 Å². The van der Waals surface area contributed by atoms with Crippen LogP contribution in [0.5, 0.6) is 0 Å². The lowest BCUT2D eigenvalue weighted by Crippen LogP contribution is -2.23. The number of halogens is 1. The Morgan fingerprint density at radius 1 is 1.21 bits per heavy atom. The lowest BCUT2D eigenvalue weighted by atomic mass is 10.2. The SMILES string of the molecule is Cc1ccc(CNS(=O)(=O)c2cc3oc(=O)n(C)c3cc2Cl)cc1. The second kappa shape index (κ2) is 6.08. The van der Waals surface area contributed by atoms with Crippen LogP contribution in [-0.4, -0.2) is 13.0 Å². The van der Waals surface area contributed by atoms with Crippen LogP contribution in [0.15, 0.2) is 50.5 Å². The molecular formula is C16H15ClN2O4S. The number of rotatable bonds is 4. The summed E-state index contributed by atoms with van der Waals surface area (Å²) < 4.78 is 33.8. The summed E-state index contributed by atoms with van der Waals surface area (Å²) >= 11 is 6.10. The lowest BCUT2D eigenvalue weighted by Gasteiger charge is -2.09. The first-order chi connectivity index (χ1) is 11.3. The number of hydrogen-bond acceptors (Lipinski definition) is 4. The molecule has 0 atom stereocenters. The molecule has 0 saturated heterocycles. The molecule has 24 heavy (non-hydrogen) atoms. The maximum absolute atomic E-state index is 12.5. The lowest BCUT2D eigenvalue weighted by molar-refractivity contribution is 0.527. The fraction of sp³-hybridized carbons (Fsp3) is 0.188. The number of fused-ring (bicyclic) bond motifs is 1. The van der Waals surface area contributed by atoms with E-state index >= 15 is 0 Å². The average Bonchev–Trinajstić information content (AvgIpc) is 2.81. The monoisotopic (exact) mass is 366 g/mol. The van der Waals surface area contributed by atoms with Crippen LogP contribution in [-0.2, 0) is 23.6 Å². The van der Waals surface area contributed by atoms with Crippen molar-refractivity contribution in [3.05, 3.63) is 63.1 Å². The third kappa shape index (κ3) is 3.10. The Kier molecular flexibility index (Phi) is 4.25. The summed E-state index contributed by atoms with van der Waals surface area (Å²) in [6.07, 6.45) is 0. The number of aryl methyl sites for hydroxylation is 2. The van der Waals surface area contributed by atoms with E-state index in [-0.39, 0.29) is 22.0 Å². The molecule has 6 nitrogen and oxygen atoms in total. The fourth-order valence-electron chi connectivity index (χ4n) is 2.30. The van der Waals surface area contributed by atoms with E-state index in [0.29, 0.717) is 5.52 Å². The predicted octanol–water partition coefficient (Wildman–Crippen LogP) is 2.57. The summed E-state index contributed by atoms with van der Waals surface area (Å²) in [6, 6.07) is 10.2. The maximum atomic E-state index is 12.5. The first-order valence-corrected chi connectivity index (χ1v) is 8.98. The number of oxazole rings is 1. The zero-order valence-electron chi connectivity index (χ0n) is 13.0.